The van der Waals surface area contributed by atoms with Crippen molar-refractivity contribution in [3.05, 3.63) is 111 Å². The van der Waals surface area contributed by atoms with Crippen molar-refractivity contribution in [1.29, 1.82) is 0 Å². The average Bonchev–Trinajstić information content (AvgIpc) is 3.26. The monoisotopic (exact) mass is 495 g/mol. The predicted octanol–water partition coefficient (Wildman–Crippen LogP) is 7.37. The van der Waals surface area contributed by atoms with E-state index in [2.05, 4.69) is 51.3 Å². The van der Waals surface area contributed by atoms with Gasteiger partial charge in [0.25, 0.3) is 0 Å². The number of hydrogen-bond acceptors (Lipinski definition) is 3. The molecule has 0 bridgehead atoms. The Balaban J connectivity index is 1.29. The molecule has 0 spiro atoms. The zero-order chi connectivity index (χ0) is 22.8. The standard InChI is InChI=1S/C27H24Cl3N3/c28-22-8-4-19(5-9-22)27(20-6-10-23(29)11-7-20)33-16-14-32(15-17-33)13-12-21-18-31-25-3-1-2-24(30)26(21)25/h1-13,18,21,27H,14-17H2. The molecule has 0 aromatic heterocycles. The lowest BCUT2D eigenvalue weighted by Crippen LogP contribution is -2.45. The smallest absolute Gasteiger partial charge is 0.0682 e. The van der Waals surface area contributed by atoms with Gasteiger partial charge in [0.2, 0.25) is 0 Å². The molecule has 0 N–H and O–H groups in total. The fourth-order valence-corrected chi connectivity index (χ4v) is 5.16. The van der Waals surface area contributed by atoms with Crippen molar-refractivity contribution in [2.75, 3.05) is 26.2 Å². The van der Waals surface area contributed by atoms with Gasteiger partial charge in [-0.15, -0.1) is 0 Å². The third kappa shape index (κ3) is 4.97. The van der Waals surface area contributed by atoms with E-state index in [4.69, 9.17) is 34.8 Å². The number of fused-ring (bicyclic) bond motifs is 1. The lowest BCUT2D eigenvalue weighted by molar-refractivity contribution is 0.139. The number of aliphatic imine (C=N–C) groups is 1. The lowest BCUT2D eigenvalue weighted by atomic mass is 9.96. The Morgan fingerprint density at radius 3 is 2.00 bits per heavy atom. The molecular formula is C27H24Cl3N3. The molecule has 1 saturated heterocycles. The first-order valence-electron chi connectivity index (χ1n) is 11.1. The van der Waals surface area contributed by atoms with Crippen molar-refractivity contribution < 1.29 is 0 Å². The molecule has 2 heterocycles. The van der Waals surface area contributed by atoms with E-state index in [9.17, 15) is 0 Å². The summed E-state index contributed by atoms with van der Waals surface area (Å²) >= 11 is 18.7. The van der Waals surface area contributed by atoms with E-state index < -0.39 is 0 Å². The zero-order valence-electron chi connectivity index (χ0n) is 18.0. The molecule has 1 unspecified atom stereocenters. The van der Waals surface area contributed by atoms with Gasteiger partial charge in [0.05, 0.1) is 11.7 Å². The maximum absolute atomic E-state index is 6.43. The third-order valence-electron chi connectivity index (χ3n) is 6.33. The lowest BCUT2D eigenvalue weighted by Gasteiger charge is -2.39. The highest BCUT2D eigenvalue weighted by molar-refractivity contribution is 6.32. The first kappa shape index (κ1) is 22.5. The van der Waals surface area contributed by atoms with Crippen LogP contribution >= 0.6 is 34.8 Å². The highest BCUT2D eigenvalue weighted by atomic mass is 35.5. The second kappa shape index (κ2) is 9.90. The molecule has 0 radical (unpaired) electrons. The summed E-state index contributed by atoms with van der Waals surface area (Å²) in [6, 6.07) is 22.4. The van der Waals surface area contributed by atoms with Crippen LogP contribution in [-0.2, 0) is 0 Å². The van der Waals surface area contributed by atoms with Gasteiger partial charge in [0.15, 0.2) is 0 Å². The van der Waals surface area contributed by atoms with E-state index >= 15 is 0 Å². The maximum Gasteiger partial charge on any atom is 0.0682 e. The molecule has 3 aromatic rings. The summed E-state index contributed by atoms with van der Waals surface area (Å²) in [5.74, 6) is 0.127. The van der Waals surface area contributed by atoms with E-state index in [1.54, 1.807) is 0 Å². The van der Waals surface area contributed by atoms with Gasteiger partial charge in [-0.25, -0.2) is 0 Å². The van der Waals surface area contributed by atoms with Crippen molar-refractivity contribution in [1.82, 2.24) is 9.80 Å². The minimum absolute atomic E-state index is 0.127. The van der Waals surface area contributed by atoms with E-state index in [1.165, 1.54) is 11.1 Å². The Bertz CT molecular complexity index is 1120. The van der Waals surface area contributed by atoms with Gasteiger partial charge in [0.1, 0.15) is 0 Å². The van der Waals surface area contributed by atoms with Crippen molar-refractivity contribution >= 4 is 46.7 Å². The highest BCUT2D eigenvalue weighted by Gasteiger charge is 2.26. The first-order valence-corrected chi connectivity index (χ1v) is 12.2. The van der Waals surface area contributed by atoms with Crippen LogP contribution in [0.2, 0.25) is 15.1 Å². The van der Waals surface area contributed by atoms with Gasteiger partial charge < -0.3 is 4.90 Å². The Morgan fingerprint density at radius 2 is 1.39 bits per heavy atom. The molecule has 5 rings (SSSR count). The fraction of sp³-hybridized carbons (Fsp3) is 0.222. The van der Waals surface area contributed by atoms with Crippen molar-refractivity contribution in [3.63, 3.8) is 0 Å². The number of rotatable bonds is 5. The van der Waals surface area contributed by atoms with E-state index in [-0.39, 0.29) is 12.0 Å². The Kier molecular flexibility index (Phi) is 6.75. The maximum atomic E-state index is 6.43. The minimum Gasteiger partial charge on any atom is -0.375 e. The molecule has 1 fully saturated rings. The van der Waals surface area contributed by atoms with Crippen molar-refractivity contribution in [2.45, 2.75) is 12.0 Å². The van der Waals surface area contributed by atoms with Crippen LogP contribution in [0.4, 0.5) is 5.69 Å². The van der Waals surface area contributed by atoms with Crippen LogP contribution in [0.5, 0.6) is 0 Å². The summed E-state index contributed by atoms with van der Waals surface area (Å²) in [5, 5.41) is 2.28. The molecule has 2 aliphatic heterocycles. The number of piperazine rings is 1. The molecule has 0 aliphatic carbocycles. The van der Waals surface area contributed by atoms with Crippen LogP contribution in [0, 0.1) is 0 Å². The summed E-state index contributed by atoms with van der Waals surface area (Å²) in [7, 11) is 0. The van der Waals surface area contributed by atoms with Crippen molar-refractivity contribution in [3.8, 4) is 0 Å². The average molecular weight is 497 g/mol. The normalized spacial score (nSPS) is 18.4. The molecule has 33 heavy (non-hydrogen) atoms. The van der Waals surface area contributed by atoms with Gasteiger partial charge in [-0.05, 0) is 53.7 Å². The Morgan fingerprint density at radius 1 is 0.788 bits per heavy atom. The van der Waals surface area contributed by atoms with Gasteiger partial charge >= 0.3 is 0 Å². The van der Waals surface area contributed by atoms with Gasteiger partial charge in [-0.3, -0.25) is 9.89 Å². The predicted molar refractivity (Wildman–Crippen MR) is 139 cm³/mol. The van der Waals surface area contributed by atoms with Gasteiger partial charge in [-0.2, -0.15) is 0 Å². The summed E-state index contributed by atoms with van der Waals surface area (Å²) in [6.45, 7) is 3.81. The Hall–Kier alpha value is -2.30. The molecular weight excluding hydrogens is 473 g/mol. The molecule has 6 heteroatoms. The number of allylic oxidation sites excluding steroid dienone is 1. The number of nitrogens with zero attached hydrogens (tertiary/aromatic N) is 3. The summed E-state index contributed by atoms with van der Waals surface area (Å²) < 4.78 is 0. The topological polar surface area (TPSA) is 18.8 Å². The summed E-state index contributed by atoms with van der Waals surface area (Å²) in [5.41, 5.74) is 4.54. The summed E-state index contributed by atoms with van der Waals surface area (Å²) in [6.07, 6.45) is 6.37. The second-order valence-electron chi connectivity index (χ2n) is 8.40. The van der Waals surface area contributed by atoms with Gasteiger partial charge in [0, 0.05) is 58.9 Å². The van der Waals surface area contributed by atoms with Crippen LogP contribution in [-0.4, -0.2) is 42.2 Å². The van der Waals surface area contributed by atoms with E-state index in [1.807, 2.05) is 48.7 Å². The third-order valence-corrected chi connectivity index (χ3v) is 7.16. The molecule has 0 amide bonds. The fourth-order valence-electron chi connectivity index (χ4n) is 4.61. The van der Waals surface area contributed by atoms with Crippen LogP contribution < -0.4 is 0 Å². The second-order valence-corrected chi connectivity index (χ2v) is 9.68. The SMILES string of the molecule is Clc1ccc(C(c2ccc(Cl)cc2)N2CCN(C=CC3C=Nc4cccc(Cl)c43)CC2)cc1. The number of hydrogen-bond donors (Lipinski definition) is 0. The first-order chi connectivity index (χ1) is 16.1. The van der Waals surface area contributed by atoms with Crippen LogP contribution in [0.15, 0.2) is 84.0 Å². The number of benzene rings is 3. The van der Waals surface area contributed by atoms with E-state index in [0.29, 0.717) is 0 Å². The van der Waals surface area contributed by atoms with Crippen LogP contribution in [0.3, 0.4) is 0 Å². The zero-order valence-corrected chi connectivity index (χ0v) is 20.3. The van der Waals surface area contributed by atoms with Crippen molar-refractivity contribution in [2.24, 2.45) is 4.99 Å². The largest absolute Gasteiger partial charge is 0.375 e. The number of halogens is 3. The minimum atomic E-state index is 0.127. The quantitative estimate of drug-likeness (QED) is 0.367. The van der Waals surface area contributed by atoms with Crippen LogP contribution in [0.1, 0.15) is 28.7 Å². The molecule has 3 nitrogen and oxygen atoms in total. The molecule has 2 aliphatic rings. The summed E-state index contributed by atoms with van der Waals surface area (Å²) in [4.78, 5) is 9.42. The van der Waals surface area contributed by atoms with Crippen LogP contribution in [0.25, 0.3) is 0 Å². The molecule has 0 saturated carbocycles. The highest BCUT2D eigenvalue weighted by Crippen LogP contribution is 2.38. The molecule has 1 atom stereocenters. The molecule has 3 aromatic carbocycles. The van der Waals surface area contributed by atoms with E-state index in [0.717, 1.165) is 52.5 Å². The van der Waals surface area contributed by atoms with Gasteiger partial charge in [-0.1, -0.05) is 71.2 Å². The Labute approximate surface area is 209 Å². The molecule has 168 valence electrons.